The molecule has 2 aliphatic rings. The molecule has 0 spiro atoms. The first-order chi connectivity index (χ1) is 10.0. The van der Waals surface area contributed by atoms with Gasteiger partial charge >= 0.3 is 0 Å². The van der Waals surface area contributed by atoms with E-state index in [0.29, 0.717) is 18.4 Å². The number of fused-ring (bicyclic) bond motifs is 1. The fraction of sp³-hybridized carbons (Fsp3) is 0.562. The highest BCUT2D eigenvalue weighted by Crippen LogP contribution is 2.34. The van der Waals surface area contributed by atoms with Crippen LogP contribution in [0.3, 0.4) is 0 Å². The third-order valence-corrected chi connectivity index (χ3v) is 5.14. The van der Waals surface area contributed by atoms with Gasteiger partial charge in [-0.25, -0.2) is 0 Å². The van der Waals surface area contributed by atoms with Crippen molar-refractivity contribution in [3.8, 4) is 0 Å². The van der Waals surface area contributed by atoms with Gasteiger partial charge < -0.3 is 16.0 Å². The summed E-state index contributed by atoms with van der Waals surface area (Å²) in [6.45, 7) is 4.00. The number of nitrogens with two attached hydrogens (primary N) is 1. The first-order valence-corrected chi connectivity index (χ1v) is 8.43. The Kier molecular flexibility index (Phi) is 4.22. The highest BCUT2D eigenvalue weighted by molar-refractivity contribution is 9.10. The average molecular weight is 352 g/mol. The molecule has 2 heterocycles. The highest BCUT2D eigenvalue weighted by atomic mass is 79.9. The number of hydrogen-bond acceptors (Lipinski definition) is 3. The zero-order valence-electron chi connectivity index (χ0n) is 12.3. The molecule has 1 amide bonds. The third kappa shape index (κ3) is 3.09. The molecule has 1 aromatic rings. The van der Waals surface area contributed by atoms with E-state index in [1.54, 1.807) is 0 Å². The van der Waals surface area contributed by atoms with E-state index >= 15 is 0 Å². The fourth-order valence-electron chi connectivity index (χ4n) is 3.50. The van der Waals surface area contributed by atoms with Crippen LogP contribution in [-0.4, -0.2) is 25.0 Å². The maximum atomic E-state index is 11.5. The molecule has 3 N–H and O–H groups in total. The highest BCUT2D eigenvalue weighted by Gasteiger charge is 2.34. The minimum Gasteiger partial charge on any atom is -0.371 e. The van der Waals surface area contributed by atoms with Crippen molar-refractivity contribution in [3.63, 3.8) is 0 Å². The number of nitrogens with zero attached hydrogens (tertiary/aromatic N) is 1. The number of amides is 1. The van der Waals surface area contributed by atoms with Crippen LogP contribution in [0.1, 0.15) is 37.8 Å². The lowest BCUT2D eigenvalue weighted by Gasteiger charge is -2.43. The van der Waals surface area contributed by atoms with Crippen LogP contribution in [0.2, 0.25) is 0 Å². The predicted octanol–water partition coefficient (Wildman–Crippen LogP) is 2.57. The number of nitrogens with one attached hydrogen (secondary N) is 1. The smallest absolute Gasteiger partial charge is 0.220 e. The lowest BCUT2D eigenvalue weighted by atomic mass is 9.84. The van der Waals surface area contributed by atoms with Gasteiger partial charge in [-0.15, -0.1) is 0 Å². The van der Waals surface area contributed by atoms with Gasteiger partial charge in [0.1, 0.15) is 0 Å². The van der Waals surface area contributed by atoms with Crippen molar-refractivity contribution in [2.75, 3.05) is 18.0 Å². The maximum Gasteiger partial charge on any atom is 0.220 e. The number of benzene rings is 1. The molecule has 1 aromatic carbocycles. The van der Waals surface area contributed by atoms with Crippen molar-refractivity contribution in [1.82, 2.24) is 5.32 Å². The average Bonchev–Trinajstić information content (AvgIpc) is 2.46. The molecular weight excluding hydrogens is 330 g/mol. The number of halogens is 1. The lowest BCUT2D eigenvalue weighted by molar-refractivity contribution is -0.124. The molecule has 2 fully saturated rings. The van der Waals surface area contributed by atoms with E-state index in [1.165, 1.54) is 11.3 Å². The minimum absolute atomic E-state index is 0.0249. The van der Waals surface area contributed by atoms with Crippen LogP contribution in [0, 0.1) is 5.92 Å². The second-order valence-electron chi connectivity index (χ2n) is 6.20. The number of piperidine rings is 2. The molecule has 2 saturated heterocycles. The largest absolute Gasteiger partial charge is 0.371 e. The Bertz CT molecular complexity index is 546. The molecule has 0 aliphatic carbocycles. The van der Waals surface area contributed by atoms with Crippen LogP contribution < -0.4 is 16.0 Å². The standard InChI is InChI=1S/C16H22BrN3O/c1-10(18)13-4-3-12(17)8-15(13)20-7-6-14-11(9-20)2-5-16(21)19-14/h3-4,8,10-11,14H,2,5-7,9,18H2,1H3,(H,19,21). The summed E-state index contributed by atoms with van der Waals surface area (Å²) >= 11 is 3.56. The summed E-state index contributed by atoms with van der Waals surface area (Å²) in [5, 5.41) is 3.14. The van der Waals surface area contributed by atoms with Crippen LogP contribution in [0.25, 0.3) is 0 Å². The van der Waals surface area contributed by atoms with Crippen molar-refractivity contribution in [3.05, 3.63) is 28.2 Å². The van der Waals surface area contributed by atoms with Gasteiger partial charge in [0.2, 0.25) is 5.91 Å². The van der Waals surface area contributed by atoms with Crippen LogP contribution in [-0.2, 0) is 4.79 Å². The van der Waals surface area contributed by atoms with E-state index < -0.39 is 0 Å². The maximum absolute atomic E-state index is 11.5. The Balaban J connectivity index is 1.82. The van der Waals surface area contributed by atoms with Gasteiger partial charge in [0.25, 0.3) is 0 Å². The molecule has 3 atom stereocenters. The van der Waals surface area contributed by atoms with Crippen molar-refractivity contribution >= 4 is 27.5 Å². The molecule has 3 rings (SSSR count). The van der Waals surface area contributed by atoms with Crippen LogP contribution >= 0.6 is 15.9 Å². The molecular formula is C16H22BrN3O. The summed E-state index contributed by atoms with van der Waals surface area (Å²) in [4.78, 5) is 13.9. The molecule has 2 aliphatic heterocycles. The number of hydrogen-bond donors (Lipinski definition) is 2. The molecule has 4 nitrogen and oxygen atoms in total. The van der Waals surface area contributed by atoms with Gasteiger partial charge in [0, 0.05) is 41.8 Å². The first-order valence-electron chi connectivity index (χ1n) is 7.64. The molecule has 0 saturated carbocycles. The number of anilines is 1. The summed E-state index contributed by atoms with van der Waals surface area (Å²) in [6.07, 6.45) is 2.67. The van der Waals surface area contributed by atoms with Gasteiger partial charge in [0.05, 0.1) is 0 Å². The van der Waals surface area contributed by atoms with Crippen LogP contribution in [0.4, 0.5) is 5.69 Å². The van der Waals surface area contributed by atoms with E-state index in [9.17, 15) is 4.79 Å². The van der Waals surface area contributed by atoms with E-state index in [-0.39, 0.29) is 11.9 Å². The first kappa shape index (κ1) is 14.9. The van der Waals surface area contributed by atoms with Gasteiger partial charge in [0.15, 0.2) is 0 Å². The van der Waals surface area contributed by atoms with Crippen LogP contribution in [0.15, 0.2) is 22.7 Å². The summed E-state index contributed by atoms with van der Waals surface area (Å²) in [7, 11) is 0. The summed E-state index contributed by atoms with van der Waals surface area (Å²) < 4.78 is 1.08. The van der Waals surface area contributed by atoms with E-state index in [1.807, 2.05) is 6.92 Å². The lowest BCUT2D eigenvalue weighted by Crippen LogP contribution is -2.54. The van der Waals surface area contributed by atoms with Gasteiger partial charge in [-0.2, -0.15) is 0 Å². The van der Waals surface area contributed by atoms with Crippen molar-refractivity contribution in [2.45, 2.75) is 38.3 Å². The molecule has 3 unspecified atom stereocenters. The summed E-state index contributed by atoms with van der Waals surface area (Å²) in [6, 6.07) is 6.71. The van der Waals surface area contributed by atoms with Crippen molar-refractivity contribution < 1.29 is 4.79 Å². The van der Waals surface area contributed by atoms with Crippen molar-refractivity contribution in [2.24, 2.45) is 11.7 Å². The normalized spacial score (nSPS) is 27.0. The summed E-state index contributed by atoms with van der Waals surface area (Å²) in [5.41, 5.74) is 8.54. The Hall–Kier alpha value is -1.07. The monoisotopic (exact) mass is 351 g/mol. The fourth-order valence-corrected chi connectivity index (χ4v) is 3.85. The predicted molar refractivity (Wildman–Crippen MR) is 88.2 cm³/mol. The van der Waals surface area contributed by atoms with Gasteiger partial charge in [-0.3, -0.25) is 4.79 Å². The van der Waals surface area contributed by atoms with Crippen molar-refractivity contribution in [1.29, 1.82) is 0 Å². The second-order valence-corrected chi connectivity index (χ2v) is 7.11. The number of carbonyl (C=O) groups excluding carboxylic acids is 1. The zero-order valence-corrected chi connectivity index (χ0v) is 13.9. The number of carbonyl (C=O) groups is 1. The minimum atomic E-state index is 0.0249. The Morgan fingerprint density at radius 2 is 2.24 bits per heavy atom. The van der Waals surface area contributed by atoms with E-state index in [2.05, 4.69) is 44.3 Å². The summed E-state index contributed by atoms with van der Waals surface area (Å²) in [5.74, 6) is 0.764. The topological polar surface area (TPSA) is 58.4 Å². The van der Waals surface area contributed by atoms with E-state index in [4.69, 9.17) is 5.73 Å². The Morgan fingerprint density at radius 3 is 3.00 bits per heavy atom. The molecule has 21 heavy (non-hydrogen) atoms. The molecule has 0 bridgehead atoms. The molecule has 5 heteroatoms. The Labute approximate surface area is 134 Å². The molecule has 0 radical (unpaired) electrons. The molecule has 114 valence electrons. The van der Waals surface area contributed by atoms with Gasteiger partial charge in [-0.1, -0.05) is 22.0 Å². The quantitative estimate of drug-likeness (QED) is 0.860. The number of rotatable bonds is 2. The van der Waals surface area contributed by atoms with Gasteiger partial charge in [-0.05, 0) is 43.4 Å². The Morgan fingerprint density at radius 1 is 1.43 bits per heavy atom. The zero-order chi connectivity index (χ0) is 15.0. The van der Waals surface area contributed by atoms with Crippen LogP contribution in [0.5, 0.6) is 0 Å². The third-order valence-electron chi connectivity index (χ3n) is 4.65. The second kappa shape index (κ2) is 5.97. The SMILES string of the molecule is CC(N)c1ccc(Br)cc1N1CCC2NC(=O)CCC2C1. The van der Waals surface area contributed by atoms with E-state index in [0.717, 1.165) is 30.4 Å². The molecule has 0 aromatic heterocycles.